The molecular weight excluding hydrogens is 276 g/mol. The van der Waals surface area contributed by atoms with Crippen molar-refractivity contribution in [3.05, 3.63) is 0 Å². The highest BCUT2D eigenvalue weighted by Gasteiger charge is 2.50. The van der Waals surface area contributed by atoms with Crippen LogP contribution in [0.3, 0.4) is 0 Å². The molecule has 8 nitrogen and oxygen atoms in total. The van der Waals surface area contributed by atoms with Gasteiger partial charge in [-0.15, -0.1) is 0 Å². The Morgan fingerprint density at radius 2 is 1.76 bits per heavy atom. The first-order chi connectivity index (χ1) is 9.95. The maximum absolute atomic E-state index is 12.6. The van der Waals surface area contributed by atoms with Crippen molar-refractivity contribution in [3.8, 4) is 0 Å². The van der Waals surface area contributed by atoms with Crippen molar-refractivity contribution in [1.29, 1.82) is 0 Å². The quantitative estimate of drug-likeness (QED) is 0.520. The summed E-state index contributed by atoms with van der Waals surface area (Å²) in [7, 11) is 0. The summed E-state index contributed by atoms with van der Waals surface area (Å²) in [6.07, 6.45) is 1.88. The zero-order valence-electron chi connectivity index (χ0n) is 11.8. The van der Waals surface area contributed by atoms with E-state index < -0.39 is 17.1 Å². The molecule has 0 aromatic carbocycles. The van der Waals surface area contributed by atoms with Gasteiger partial charge >= 0.3 is 6.03 Å². The average molecular weight is 296 g/mol. The van der Waals surface area contributed by atoms with Crippen molar-refractivity contribution in [3.63, 3.8) is 0 Å². The summed E-state index contributed by atoms with van der Waals surface area (Å²) < 4.78 is 5.25. The molecule has 8 heteroatoms. The fourth-order valence-corrected chi connectivity index (χ4v) is 3.24. The largest absolute Gasteiger partial charge is 0.381 e. The second kappa shape index (κ2) is 4.96. The standard InChI is InChI=1S/C13H20N4O4/c14-12(3-7-21-8-4-12)10(19)17-5-1-13(2-6-17)9(18)15-11(20)16-13/h1-8,14H2,(H2,15,16,18,20). The molecule has 3 aliphatic heterocycles. The fourth-order valence-electron chi connectivity index (χ4n) is 3.24. The molecule has 0 bridgehead atoms. The lowest BCUT2D eigenvalue weighted by atomic mass is 9.85. The molecule has 3 aliphatic rings. The number of nitrogens with one attached hydrogen (secondary N) is 2. The molecule has 4 amide bonds. The second-order valence-electron chi connectivity index (χ2n) is 6.05. The number of amides is 4. The number of rotatable bonds is 1. The van der Waals surface area contributed by atoms with Crippen LogP contribution in [-0.4, -0.2) is 60.1 Å². The molecule has 0 aliphatic carbocycles. The molecule has 3 saturated heterocycles. The van der Waals surface area contributed by atoms with Crippen LogP contribution in [0.1, 0.15) is 25.7 Å². The second-order valence-corrected chi connectivity index (χ2v) is 6.05. The lowest BCUT2D eigenvalue weighted by Gasteiger charge is -2.42. The van der Waals surface area contributed by atoms with Gasteiger partial charge in [0.15, 0.2) is 0 Å². The number of nitrogens with zero attached hydrogens (tertiary/aromatic N) is 1. The Balaban J connectivity index is 1.64. The molecule has 3 fully saturated rings. The summed E-state index contributed by atoms with van der Waals surface area (Å²) in [6.45, 7) is 1.84. The van der Waals surface area contributed by atoms with E-state index in [2.05, 4.69) is 10.6 Å². The Morgan fingerprint density at radius 3 is 2.29 bits per heavy atom. The third kappa shape index (κ3) is 2.38. The summed E-state index contributed by atoms with van der Waals surface area (Å²) in [5, 5.41) is 4.94. The third-order valence-corrected chi connectivity index (χ3v) is 4.73. The third-order valence-electron chi connectivity index (χ3n) is 4.73. The van der Waals surface area contributed by atoms with E-state index in [1.165, 1.54) is 0 Å². The van der Waals surface area contributed by atoms with Crippen LogP contribution >= 0.6 is 0 Å². The molecule has 0 radical (unpaired) electrons. The van der Waals surface area contributed by atoms with Crippen LogP contribution in [0, 0.1) is 0 Å². The van der Waals surface area contributed by atoms with Gasteiger partial charge in [0.25, 0.3) is 5.91 Å². The summed E-state index contributed by atoms with van der Waals surface area (Å²) in [5.74, 6) is -0.376. The van der Waals surface area contributed by atoms with Gasteiger partial charge in [-0.05, 0) is 25.7 Å². The van der Waals surface area contributed by atoms with Gasteiger partial charge in [0.1, 0.15) is 5.54 Å². The van der Waals surface area contributed by atoms with E-state index in [1.54, 1.807) is 4.90 Å². The van der Waals surface area contributed by atoms with E-state index >= 15 is 0 Å². The zero-order valence-corrected chi connectivity index (χ0v) is 11.8. The van der Waals surface area contributed by atoms with Crippen LogP contribution in [0.5, 0.6) is 0 Å². The predicted molar refractivity (Wildman–Crippen MR) is 72.2 cm³/mol. The van der Waals surface area contributed by atoms with Crippen LogP contribution in [0.4, 0.5) is 4.79 Å². The van der Waals surface area contributed by atoms with Gasteiger partial charge in [0.2, 0.25) is 5.91 Å². The lowest BCUT2D eigenvalue weighted by molar-refractivity contribution is -0.143. The van der Waals surface area contributed by atoms with Gasteiger partial charge in [0, 0.05) is 26.3 Å². The van der Waals surface area contributed by atoms with Crippen molar-refractivity contribution in [2.24, 2.45) is 5.73 Å². The first kappa shape index (κ1) is 14.3. The minimum atomic E-state index is -0.857. The van der Waals surface area contributed by atoms with Crippen molar-refractivity contribution in [1.82, 2.24) is 15.5 Å². The van der Waals surface area contributed by atoms with Gasteiger partial charge < -0.3 is 20.7 Å². The predicted octanol–water partition coefficient (Wildman–Crippen LogP) is -1.31. The van der Waals surface area contributed by atoms with Crippen LogP contribution < -0.4 is 16.4 Å². The number of imide groups is 1. The van der Waals surface area contributed by atoms with Gasteiger partial charge in [-0.3, -0.25) is 14.9 Å². The average Bonchev–Trinajstić information content (AvgIpc) is 2.74. The maximum atomic E-state index is 12.6. The van der Waals surface area contributed by atoms with E-state index in [4.69, 9.17) is 10.5 Å². The normalized spacial score (nSPS) is 27.4. The summed E-state index contributed by atoms with van der Waals surface area (Å²) in [4.78, 5) is 37.4. The van der Waals surface area contributed by atoms with Crippen molar-refractivity contribution in [2.45, 2.75) is 36.8 Å². The molecule has 0 atom stereocenters. The van der Waals surface area contributed by atoms with Gasteiger partial charge in [-0.1, -0.05) is 0 Å². The molecule has 3 rings (SSSR count). The van der Waals surface area contributed by atoms with E-state index in [0.717, 1.165) is 0 Å². The van der Waals surface area contributed by atoms with Crippen molar-refractivity contribution in [2.75, 3.05) is 26.3 Å². The van der Waals surface area contributed by atoms with Gasteiger partial charge in [0.05, 0.1) is 5.54 Å². The minimum Gasteiger partial charge on any atom is -0.381 e. The molecule has 1 spiro atoms. The Labute approximate surface area is 122 Å². The molecule has 0 aromatic heterocycles. The summed E-state index contributed by atoms with van der Waals surface area (Å²) in [5.41, 5.74) is 4.49. The molecule has 21 heavy (non-hydrogen) atoms. The molecule has 0 aromatic rings. The number of nitrogens with two attached hydrogens (primary N) is 1. The number of carbonyl (C=O) groups excluding carboxylic acids is 3. The van der Waals surface area contributed by atoms with Crippen LogP contribution in [-0.2, 0) is 14.3 Å². The number of hydrogen-bond donors (Lipinski definition) is 3. The first-order valence-electron chi connectivity index (χ1n) is 7.25. The van der Waals surface area contributed by atoms with Crippen LogP contribution in [0.2, 0.25) is 0 Å². The monoisotopic (exact) mass is 296 g/mol. The van der Waals surface area contributed by atoms with Crippen molar-refractivity contribution < 1.29 is 19.1 Å². The first-order valence-corrected chi connectivity index (χ1v) is 7.25. The van der Waals surface area contributed by atoms with Crippen LogP contribution in [0.25, 0.3) is 0 Å². The SMILES string of the molecule is NC1(C(=O)N2CCC3(CC2)NC(=O)NC3=O)CCOCC1. The van der Waals surface area contributed by atoms with E-state index in [0.29, 0.717) is 52.0 Å². The van der Waals surface area contributed by atoms with Gasteiger partial charge in [-0.2, -0.15) is 0 Å². The molecule has 3 heterocycles. The molecule has 116 valence electrons. The maximum Gasteiger partial charge on any atom is 0.322 e. The number of ether oxygens (including phenoxy) is 1. The number of urea groups is 1. The Morgan fingerprint density at radius 1 is 1.14 bits per heavy atom. The highest BCUT2D eigenvalue weighted by molar-refractivity contribution is 6.07. The molecule has 0 unspecified atom stereocenters. The zero-order chi connectivity index (χ0) is 15.1. The summed E-state index contributed by atoms with van der Waals surface area (Å²) in [6, 6.07) is -0.459. The van der Waals surface area contributed by atoms with E-state index in [-0.39, 0.29) is 11.8 Å². The topological polar surface area (TPSA) is 114 Å². The van der Waals surface area contributed by atoms with Crippen molar-refractivity contribution >= 4 is 17.8 Å². The highest BCUT2D eigenvalue weighted by Crippen LogP contribution is 2.28. The Bertz CT molecular complexity index is 479. The number of piperidine rings is 1. The lowest BCUT2D eigenvalue weighted by Crippen LogP contribution is -2.62. The Kier molecular flexibility index (Phi) is 3.37. The highest BCUT2D eigenvalue weighted by atomic mass is 16.5. The fraction of sp³-hybridized carbons (Fsp3) is 0.769. The van der Waals surface area contributed by atoms with E-state index in [9.17, 15) is 14.4 Å². The molecule has 0 saturated carbocycles. The Hall–Kier alpha value is -1.67. The molecular formula is C13H20N4O4. The number of carbonyl (C=O) groups is 3. The van der Waals surface area contributed by atoms with Crippen LogP contribution in [0.15, 0.2) is 0 Å². The number of hydrogen-bond acceptors (Lipinski definition) is 5. The van der Waals surface area contributed by atoms with Gasteiger partial charge in [-0.25, -0.2) is 4.79 Å². The molecule has 4 N–H and O–H groups in total. The van der Waals surface area contributed by atoms with E-state index in [1.807, 2.05) is 0 Å². The minimum absolute atomic E-state index is 0.0784. The summed E-state index contributed by atoms with van der Waals surface area (Å²) >= 11 is 0. The smallest absolute Gasteiger partial charge is 0.322 e. The number of likely N-dealkylation sites (tertiary alicyclic amines) is 1.